The summed E-state index contributed by atoms with van der Waals surface area (Å²) >= 11 is 0. The van der Waals surface area contributed by atoms with Crippen LogP contribution in [0.25, 0.3) is 0 Å². The first-order valence-electron chi connectivity index (χ1n) is 6.57. The molecular weight excluding hydrogens is 361 g/mol. The van der Waals surface area contributed by atoms with Crippen LogP contribution in [0.3, 0.4) is 0 Å². The highest BCUT2D eigenvalue weighted by atomic mass is 28.4. The van der Waals surface area contributed by atoms with Crippen molar-refractivity contribution in [1.82, 2.24) is 5.32 Å². The lowest BCUT2D eigenvalue weighted by Gasteiger charge is -2.14. The summed E-state index contributed by atoms with van der Waals surface area (Å²) in [5.74, 6) is -13.1. The molecule has 0 saturated heterocycles. The van der Waals surface area contributed by atoms with E-state index in [2.05, 4.69) is 9.16 Å². The second-order valence-electron chi connectivity index (χ2n) is 4.62. The zero-order chi connectivity index (χ0) is 18.5. The number of amides is 1. The first-order chi connectivity index (χ1) is 11.1. The lowest BCUT2D eigenvalue weighted by Crippen LogP contribution is -2.37. The summed E-state index contributed by atoms with van der Waals surface area (Å²) in [4.78, 5) is 29.8. The molecule has 0 aliphatic carbocycles. The van der Waals surface area contributed by atoms with E-state index in [1.807, 2.05) is 5.32 Å². The van der Waals surface area contributed by atoms with Crippen molar-refractivity contribution in [3.63, 3.8) is 0 Å². The zero-order valence-corrected chi connectivity index (χ0v) is 13.3. The number of rotatable bonds is 7. The fourth-order valence-corrected chi connectivity index (χ4v) is 2.49. The van der Waals surface area contributed by atoms with Crippen molar-refractivity contribution in [3.8, 4) is 5.75 Å². The molecule has 136 valence electrons. The summed E-state index contributed by atoms with van der Waals surface area (Å²) in [6.45, 7) is -0.0948. The zero-order valence-electron chi connectivity index (χ0n) is 12.3. The second kappa shape index (κ2) is 8.37. The van der Waals surface area contributed by atoms with Gasteiger partial charge in [-0.2, -0.15) is 8.78 Å². The Labute approximate surface area is 134 Å². The van der Waals surface area contributed by atoms with Gasteiger partial charge in [0.2, 0.25) is 34.8 Å². The van der Waals surface area contributed by atoms with Crippen molar-refractivity contribution in [1.29, 1.82) is 0 Å². The molecular formula is C12H14F5NO5Si. The van der Waals surface area contributed by atoms with Crippen LogP contribution in [-0.4, -0.2) is 38.1 Å². The molecule has 0 aromatic heterocycles. The minimum Gasteiger partial charge on any atom is -0.404 e. The molecule has 0 spiro atoms. The molecule has 24 heavy (non-hydrogen) atoms. The number of ether oxygens (including phenoxy) is 1. The van der Waals surface area contributed by atoms with Crippen LogP contribution in [0.2, 0.25) is 6.04 Å². The molecule has 0 bridgehead atoms. The maximum absolute atomic E-state index is 13.3. The Hall–Kier alpha value is -1.76. The molecule has 0 fully saturated rings. The summed E-state index contributed by atoms with van der Waals surface area (Å²) in [6.07, 6.45) is -0.956. The third-order valence-electron chi connectivity index (χ3n) is 2.89. The number of carbonyl (C=O) groups excluding carboxylic acids is 1. The Morgan fingerprint density at radius 2 is 1.50 bits per heavy atom. The molecule has 0 unspecified atom stereocenters. The van der Waals surface area contributed by atoms with Crippen molar-refractivity contribution < 1.29 is 45.5 Å². The highest BCUT2D eigenvalue weighted by Gasteiger charge is 2.30. The molecule has 0 aliphatic heterocycles. The molecule has 12 heteroatoms. The molecule has 0 heterocycles. The number of nitrogens with one attached hydrogen (secondary N) is 1. The van der Waals surface area contributed by atoms with Crippen LogP contribution < -0.4 is 10.1 Å². The van der Waals surface area contributed by atoms with Gasteiger partial charge in [0, 0.05) is 19.7 Å². The Bertz CT molecular complexity index is 587. The van der Waals surface area contributed by atoms with Crippen LogP contribution in [0.5, 0.6) is 5.75 Å². The molecule has 0 saturated carbocycles. The molecule has 0 radical (unpaired) electrons. The van der Waals surface area contributed by atoms with Gasteiger partial charge in [0.15, 0.2) is 0 Å². The monoisotopic (exact) mass is 375 g/mol. The van der Waals surface area contributed by atoms with Gasteiger partial charge in [-0.05, 0) is 12.8 Å². The van der Waals surface area contributed by atoms with E-state index in [9.17, 15) is 36.3 Å². The van der Waals surface area contributed by atoms with Gasteiger partial charge < -0.3 is 24.1 Å². The van der Waals surface area contributed by atoms with E-state index < -0.39 is 49.7 Å². The van der Waals surface area contributed by atoms with Gasteiger partial charge in [-0.3, -0.25) is 0 Å². The minimum atomic E-state index is -3.71. The molecule has 3 N–H and O–H groups in total. The van der Waals surface area contributed by atoms with Crippen molar-refractivity contribution in [2.75, 3.05) is 13.7 Å². The fourth-order valence-electron chi connectivity index (χ4n) is 1.58. The van der Waals surface area contributed by atoms with E-state index in [4.69, 9.17) is 0 Å². The summed E-state index contributed by atoms with van der Waals surface area (Å²) in [7, 11) is -2.58. The van der Waals surface area contributed by atoms with Gasteiger partial charge in [0.1, 0.15) is 0 Å². The predicted molar refractivity (Wildman–Crippen MR) is 71.5 cm³/mol. The summed E-state index contributed by atoms with van der Waals surface area (Å²) < 4.78 is 73.8. The van der Waals surface area contributed by atoms with Crippen LogP contribution >= 0.6 is 0 Å². The quantitative estimate of drug-likeness (QED) is 0.222. The Morgan fingerprint density at radius 1 is 1.00 bits per heavy atom. The second-order valence-corrected chi connectivity index (χ2v) is 7.01. The summed E-state index contributed by atoms with van der Waals surface area (Å²) in [5, 5.41) is 2.02. The highest BCUT2D eigenvalue weighted by Crippen LogP contribution is 2.29. The third kappa shape index (κ3) is 5.12. The standard InChI is InChI=1S/C12H14F5NO5Si/c1-22-24(20,21)5-3-2-4-18-12(19)23-11-9(16)7(14)6(13)8(15)10(11)17/h20-21H,2-5H2,1H3,(H,18,19). The van der Waals surface area contributed by atoms with Gasteiger partial charge in [-0.1, -0.05) is 0 Å². The maximum atomic E-state index is 13.3. The van der Waals surface area contributed by atoms with Gasteiger partial charge in [-0.25, -0.2) is 18.0 Å². The highest BCUT2D eigenvalue weighted by molar-refractivity contribution is 6.57. The molecule has 1 aromatic rings. The van der Waals surface area contributed by atoms with Crippen molar-refractivity contribution in [3.05, 3.63) is 29.1 Å². The lowest BCUT2D eigenvalue weighted by atomic mass is 10.2. The molecule has 1 aromatic carbocycles. The van der Waals surface area contributed by atoms with Crippen LogP contribution in [0, 0.1) is 29.1 Å². The molecule has 1 amide bonds. The van der Waals surface area contributed by atoms with E-state index in [1.165, 1.54) is 0 Å². The summed E-state index contributed by atoms with van der Waals surface area (Å²) in [5.41, 5.74) is 0. The van der Waals surface area contributed by atoms with E-state index in [0.29, 0.717) is 0 Å². The smallest absolute Gasteiger partial charge is 0.404 e. The predicted octanol–water partition coefficient (Wildman–Crippen LogP) is 1.82. The van der Waals surface area contributed by atoms with Crippen LogP contribution in [0.4, 0.5) is 26.7 Å². The average Bonchev–Trinajstić information content (AvgIpc) is 2.54. The lowest BCUT2D eigenvalue weighted by molar-refractivity contribution is 0.183. The van der Waals surface area contributed by atoms with E-state index in [0.717, 1.165) is 7.11 Å². The molecule has 1 rings (SSSR count). The molecule has 6 nitrogen and oxygen atoms in total. The number of hydrogen-bond donors (Lipinski definition) is 3. The van der Waals surface area contributed by atoms with E-state index in [-0.39, 0.29) is 25.4 Å². The minimum absolute atomic E-state index is 0.0438. The van der Waals surface area contributed by atoms with Gasteiger partial charge in [0.25, 0.3) is 0 Å². The maximum Gasteiger partial charge on any atom is 0.495 e. The number of halogens is 5. The first-order valence-corrected chi connectivity index (χ1v) is 8.58. The molecule has 0 atom stereocenters. The Balaban J connectivity index is 2.55. The molecule has 0 aliphatic rings. The largest absolute Gasteiger partial charge is 0.495 e. The normalized spacial score (nSPS) is 11.5. The fraction of sp³-hybridized carbons (Fsp3) is 0.417. The van der Waals surface area contributed by atoms with Gasteiger partial charge >= 0.3 is 14.9 Å². The average molecular weight is 375 g/mol. The van der Waals surface area contributed by atoms with Gasteiger partial charge in [0.05, 0.1) is 0 Å². The third-order valence-corrected chi connectivity index (χ3v) is 4.55. The van der Waals surface area contributed by atoms with Crippen molar-refractivity contribution >= 4 is 14.9 Å². The van der Waals surface area contributed by atoms with Crippen molar-refractivity contribution in [2.45, 2.75) is 18.9 Å². The number of hydrogen-bond acceptors (Lipinski definition) is 5. The van der Waals surface area contributed by atoms with Crippen LogP contribution in [0.1, 0.15) is 12.8 Å². The number of carbonyl (C=O) groups is 1. The van der Waals surface area contributed by atoms with E-state index >= 15 is 0 Å². The van der Waals surface area contributed by atoms with E-state index in [1.54, 1.807) is 0 Å². The van der Waals surface area contributed by atoms with Gasteiger partial charge in [-0.15, -0.1) is 0 Å². The topological polar surface area (TPSA) is 88.0 Å². The number of unbranched alkanes of at least 4 members (excludes halogenated alkanes) is 1. The Kier molecular flexibility index (Phi) is 7.07. The Morgan fingerprint density at radius 3 is 2.00 bits per heavy atom. The van der Waals surface area contributed by atoms with Crippen LogP contribution in [0.15, 0.2) is 0 Å². The van der Waals surface area contributed by atoms with Crippen LogP contribution in [-0.2, 0) is 4.43 Å². The number of benzene rings is 1. The summed E-state index contributed by atoms with van der Waals surface area (Å²) in [6, 6.07) is -0.0438. The van der Waals surface area contributed by atoms with Crippen molar-refractivity contribution in [2.24, 2.45) is 0 Å². The SMILES string of the molecule is CO[Si](O)(O)CCCCNC(=O)Oc1c(F)c(F)c(F)c(F)c1F. The first kappa shape index (κ1) is 20.3.